The Hall–Kier alpha value is -0.770. The first-order chi connectivity index (χ1) is 7.56. The number of carbonyl (C=O) groups is 1. The van der Waals surface area contributed by atoms with Crippen molar-refractivity contribution in [3.63, 3.8) is 0 Å². The highest BCUT2D eigenvalue weighted by Gasteiger charge is 2.16. The fourth-order valence-electron chi connectivity index (χ4n) is 1.30. The van der Waals surface area contributed by atoms with Crippen molar-refractivity contribution in [2.24, 2.45) is 0 Å². The number of carbonyl (C=O) groups excluding carboxylic acids is 1. The maximum absolute atomic E-state index is 11.8. The molecule has 1 unspecified atom stereocenters. The molecule has 0 aliphatic heterocycles. The average Bonchev–Trinajstić information content (AvgIpc) is 2.17. The van der Waals surface area contributed by atoms with E-state index in [0.717, 1.165) is 0 Å². The van der Waals surface area contributed by atoms with Crippen LogP contribution in [0.25, 0.3) is 0 Å². The lowest BCUT2D eigenvalue weighted by molar-refractivity contribution is 0.0906. The van der Waals surface area contributed by atoms with Crippen molar-refractivity contribution in [2.75, 3.05) is 13.7 Å². The quantitative estimate of drug-likeness (QED) is 0.906. The highest BCUT2D eigenvalue weighted by molar-refractivity contribution is 6.39. The molecule has 16 heavy (non-hydrogen) atoms. The van der Waals surface area contributed by atoms with Gasteiger partial charge in [0.2, 0.25) is 0 Å². The molecule has 0 saturated carbocycles. The molecule has 0 aliphatic carbocycles. The molecule has 0 heterocycles. The van der Waals surface area contributed by atoms with Crippen molar-refractivity contribution < 1.29 is 9.53 Å². The van der Waals surface area contributed by atoms with Crippen LogP contribution in [0.4, 0.5) is 0 Å². The lowest BCUT2D eigenvalue weighted by Gasteiger charge is -2.14. The largest absolute Gasteiger partial charge is 0.383 e. The zero-order valence-corrected chi connectivity index (χ0v) is 10.6. The Morgan fingerprint density at radius 1 is 1.44 bits per heavy atom. The molecule has 5 heteroatoms. The topological polar surface area (TPSA) is 38.3 Å². The van der Waals surface area contributed by atoms with Gasteiger partial charge in [0.05, 0.1) is 22.2 Å². The lowest BCUT2D eigenvalue weighted by atomic mass is 10.2. The molecular weight excluding hydrogens is 249 g/mol. The summed E-state index contributed by atoms with van der Waals surface area (Å²) >= 11 is 11.8. The van der Waals surface area contributed by atoms with Gasteiger partial charge in [-0.3, -0.25) is 4.79 Å². The van der Waals surface area contributed by atoms with Crippen LogP contribution in [0.2, 0.25) is 10.0 Å². The van der Waals surface area contributed by atoms with Gasteiger partial charge in [0.15, 0.2) is 0 Å². The second-order valence-electron chi connectivity index (χ2n) is 3.43. The zero-order chi connectivity index (χ0) is 12.1. The van der Waals surface area contributed by atoms with E-state index in [0.29, 0.717) is 22.2 Å². The number of hydrogen-bond donors (Lipinski definition) is 1. The van der Waals surface area contributed by atoms with Crippen molar-refractivity contribution >= 4 is 29.1 Å². The highest BCUT2D eigenvalue weighted by Crippen LogP contribution is 2.23. The number of benzene rings is 1. The Labute approximate surface area is 105 Å². The normalized spacial score (nSPS) is 12.2. The maximum atomic E-state index is 11.8. The van der Waals surface area contributed by atoms with Gasteiger partial charge in [-0.2, -0.15) is 0 Å². The number of rotatable bonds is 4. The van der Waals surface area contributed by atoms with Gasteiger partial charge < -0.3 is 10.1 Å². The summed E-state index contributed by atoms with van der Waals surface area (Å²) in [6.45, 7) is 2.28. The molecule has 0 spiro atoms. The smallest absolute Gasteiger partial charge is 0.254 e. The Balaban J connectivity index is 2.80. The SMILES string of the molecule is COCC(C)NC(=O)c1c(Cl)cccc1Cl. The summed E-state index contributed by atoms with van der Waals surface area (Å²) < 4.78 is 4.92. The van der Waals surface area contributed by atoms with Gasteiger partial charge in [-0.05, 0) is 19.1 Å². The molecule has 88 valence electrons. The molecular formula is C11H13Cl2NO2. The van der Waals surface area contributed by atoms with E-state index >= 15 is 0 Å². The van der Waals surface area contributed by atoms with E-state index in [2.05, 4.69) is 5.32 Å². The number of methoxy groups -OCH3 is 1. The van der Waals surface area contributed by atoms with Crippen molar-refractivity contribution in [1.82, 2.24) is 5.32 Å². The number of nitrogens with one attached hydrogen (secondary N) is 1. The fraction of sp³-hybridized carbons (Fsp3) is 0.364. The van der Waals surface area contributed by atoms with Crippen molar-refractivity contribution in [2.45, 2.75) is 13.0 Å². The van der Waals surface area contributed by atoms with Gasteiger partial charge in [0.1, 0.15) is 0 Å². The molecule has 0 aliphatic rings. The second kappa shape index (κ2) is 6.09. The van der Waals surface area contributed by atoms with Crippen molar-refractivity contribution in [1.29, 1.82) is 0 Å². The van der Waals surface area contributed by atoms with Crippen LogP contribution in [0, 0.1) is 0 Å². The molecule has 1 aromatic carbocycles. The van der Waals surface area contributed by atoms with Gasteiger partial charge >= 0.3 is 0 Å². The van der Waals surface area contributed by atoms with E-state index < -0.39 is 0 Å². The predicted molar refractivity (Wildman–Crippen MR) is 65.3 cm³/mol. The molecule has 0 radical (unpaired) electrons. The summed E-state index contributed by atoms with van der Waals surface area (Å²) in [6, 6.07) is 4.86. The Morgan fingerprint density at radius 3 is 2.50 bits per heavy atom. The Kier molecular flexibility index (Phi) is 5.06. The van der Waals surface area contributed by atoms with Crippen LogP contribution >= 0.6 is 23.2 Å². The molecule has 1 amide bonds. The minimum absolute atomic E-state index is 0.0927. The van der Waals surface area contributed by atoms with Crippen LogP contribution < -0.4 is 5.32 Å². The van der Waals surface area contributed by atoms with E-state index in [-0.39, 0.29) is 11.9 Å². The summed E-state index contributed by atoms with van der Waals surface area (Å²) in [4.78, 5) is 11.8. The predicted octanol–water partition coefficient (Wildman–Crippen LogP) is 2.76. The van der Waals surface area contributed by atoms with E-state index in [1.807, 2.05) is 6.92 Å². The summed E-state index contributed by atoms with van der Waals surface area (Å²) in [6.07, 6.45) is 0. The lowest BCUT2D eigenvalue weighted by Crippen LogP contribution is -2.35. The van der Waals surface area contributed by atoms with Gasteiger partial charge in [0, 0.05) is 13.2 Å². The molecule has 0 fully saturated rings. The average molecular weight is 262 g/mol. The number of ether oxygens (including phenoxy) is 1. The number of amides is 1. The molecule has 1 aromatic rings. The monoisotopic (exact) mass is 261 g/mol. The van der Waals surface area contributed by atoms with Gasteiger partial charge in [-0.15, -0.1) is 0 Å². The summed E-state index contributed by atoms with van der Waals surface area (Å²) in [7, 11) is 1.57. The minimum Gasteiger partial charge on any atom is -0.383 e. The summed E-state index contributed by atoms with van der Waals surface area (Å²) in [5.41, 5.74) is 0.300. The highest BCUT2D eigenvalue weighted by atomic mass is 35.5. The minimum atomic E-state index is -0.292. The van der Waals surface area contributed by atoms with Crippen LogP contribution in [-0.4, -0.2) is 25.7 Å². The van der Waals surface area contributed by atoms with Crippen LogP contribution in [0.15, 0.2) is 18.2 Å². The summed E-state index contributed by atoms with van der Waals surface area (Å²) in [5, 5.41) is 3.43. The summed E-state index contributed by atoms with van der Waals surface area (Å²) in [5.74, 6) is -0.292. The van der Waals surface area contributed by atoms with E-state index in [9.17, 15) is 4.79 Å². The first-order valence-electron chi connectivity index (χ1n) is 4.80. The first kappa shape index (κ1) is 13.3. The Bertz CT molecular complexity index is 362. The van der Waals surface area contributed by atoms with Crippen molar-refractivity contribution in [3.05, 3.63) is 33.8 Å². The second-order valence-corrected chi connectivity index (χ2v) is 4.24. The van der Waals surface area contributed by atoms with Gasteiger partial charge in [-0.25, -0.2) is 0 Å². The standard InChI is InChI=1S/C11H13Cl2NO2/c1-7(6-16-2)14-11(15)10-8(12)4-3-5-9(10)13/h3-5,7H,6H2,1-2H3,(H,14,15). The van der Waals surface area contributed by atoms with Gasteiger partial charge in [-0.1, -0.05) is 29.3 Å². The molecule has 1 N–H and O–H groups in total. The van der Waals surface area contributed by atoms with Crippen LogP contribution in [0.5, 0.6) is 0 Å². The number of halogens is 2. The third kappa shape index (κ3) is 3.37. The maximum Gasteiger partial charge on any atom is 0.254 e. The fourth-order valence-corrected chi connectivity index (χ4v) is 1.87. The molecule has 0 saturated heterocycles. The van der Waals surface area contributed by atoms with Crippen LogP contribution in [-0.2, 0) is 4.74 Å². The Morgan fingerprint density at radius 2 is 2.00 bits per heavy atom. The molecule has 0 bridgehead atoms. The molecule has 1 atom stereocenters. The first-order valence-corrected chi connectivity index (χ1v) is 5.55. The molecule has 3 nitrogen and oxygen atoms in total. The van der Waals surface area contributed by atoms with Gasteiger partial charge in [0.25, 0.3) is 5.91 Å². The molecule has 0 aromatic heterocycles. The zero-order valence-electron chi connectivity index (χ0n) is 9.09. The van der Waals surface area contributed by atoms with E-state index in [4.69, 9.17) is 27.9 Å². The third-order valence-electron chi connectivity index (χ3n) is 1.98. The third-order valence-corrected chi connectivity index (χ3v) is 2.61. The van der Waals surface area contributed by atoms with Crippen LogP contribution in [0.3, 0.4) is 0 Å². The van der Waals surface area contributed by atoms with E-state index in [1.54, 1.807) is 25.3 Å². The number of hydrogen-bond acceptors (Lipinski definition) is 2. The van der Waals surface area contributed by atoms with Crippen molar-refractivity contribution in [3.8, 4) is 0 Å². The molecule has 1 rings (SSSR count). The van der Waals surface area contributed by atoms with E-state index in [1.165, 1.54) is 0 Å². The van der Waals surface area contributed by atoms with Crippen LogP contribution in [0.1, 0.15) is 17.3 Å².